The normalized spacial score (nSPS) is 17.6. The van der Waals surface area contributed by atoms with Crippen molar-refractivity contribution in [3.8, 4) is 6.07 Å². The van der Waals surface area contributed by atoms with Gasteiger partial charge in [-0.05, 0) is 49.4 Å². The van der Waals surface area contributed by atoms with Crippen LogP contribution in [-0.2, 0) is 6.54 Å². The molecule has 0 heterocycles. The maximum atomic E-state index is 13.3. The number of rotatable bonds is 4. The molecule has 1 N–H and O–H groups in total. The van der Waals surface area contributed by atoms with E-state index in [9.17, 15) is 4.39 Å². The first kappa shape index (κ1) is 13.0. The zero-order valence-electron chi connectivity index (χ0n) is 10.7. The van der Waals surface area contributed by atoms with E-state index >= 15 is 0 Å². The van der Waals surface area contributed by atoms with Gasteiger partial charge in [-0.1, -0.05) is 12.8 Å². The Morgan fingerprint density at radius 3 is 2.78 bits per heavy atom. The molecule has 0 radical (unpaired) electrons. The van der Waals surface area contributed by atoms with Gasteiger partial charge in [-0.3, -0.25) is 0 Å². The summed E-state index contributed by atoms with van der Waals surface area (Å²) in [7, 11) is 0. The number of hydrogen-bond acceptors (Lipinski definition) is 2. The topological polar surface area (TPSA) is 35.8 Å². The van der Waals surface area contributed by atoms with Gasteiger partial charge in [0, 0.05) is 12.6 Å². The summed E-state index contributed by atoms with van der Waals surface area (Å²) in [5.41, 5.74) is 1.23. The van der Waals surface area contributed by atoms with E-state index < -0.39 is 0 Å². The number of halogens is 1. The maximum Gasteiger partial charge on any atom is 0.124 e. The summed E-state index contributed by atoms with van der Waals surface area (Å²) in [5, 5.41) is 12.2. The summed E-state index contributed by atoms with van der Waals surface area (Å²) in [5.74, 6) is 0.411. The molecule has 1 fully saturated rings. The third-order valence-electron chi connectivity index (χ3n) is 3.82. The molecule has 0 unspecified atom stereocenters. The first-order chi connectivity index (χ1) is 8.69. The van der Waals surface area contributed by atoms with E-state index in [0.717, 1.165) is 11.5 Å². The molecule has 0 bridgehead atoms. The summed E-state index contributed by atoms with van der Waals surface area (Å²) in [6.07, 6.45) is 5.24. The van der Waals surface area contributed by atoms with Gasteiger partial charge >= 0.3 is 0 Å². The van der Waals surface area contributed by atoms with Gasteiger partial charge < -0.3 is 5.32 Å². The first-order valence-electron chi connectivity index (χ1n) is 6.62. The average Bonchev–Trinajstić information content (AvgIpc) is 2.89. The lowest BCUT2D eigenvalue weighted by Crippen LogP contribution is -2.31. The van der Waals surface area contributed by atoms with Gasteiger partial charge in [0.2, 0.25) is 0 Å². The van der Waals surface area contributed by atoms with Crippen molar-refractivity contribution in [2.45, 2.75) is 45.2 Å². The fourth-order valence-electron chi connectivity index (χ4n) is 2.72. The summed E-state index contributed by atoms with van der Waals surface area (Å²) < 4.78 is 13.3. The predicted octanol–water partition coefficient (Wildman–Crippen LogP) is 3.37. The number of nitrogens with one attached hydrogen (secondary N) is 1. The SMILES string of the molecule is C[C@@H](NCc1cc(F)cc(C#N)c1)C1CCCC1. The van der Waals surface area contributed by atoms with Crippen LogP contribution in [0.25, 0.3) is 0 Å². The van der Waals surface area contributed by atoms with Crippen LogP contribution in [0.2, 0.25) is 0 Å². The van der Waals surface area contributed by atoms with Gasteiger partial charge in [-0.15, -0.1) is 0 Å². The van der Waals surface area contributed by atoms with Crippen molar-refractivity contribution >= 4 is 0 Å². The smallest absolute Gasteiger partial charge is 0.124 e. The van der Waals surface area contributed by atoms with Gasteiger partial charge in [0.05, 0.1) is 11.6 Å². The molecule has 1 atom stereocenters. The Bertz CT molecular complexity index is 444. The molecule has 1 aliphatic rings. The molecule has 18 heavy (non-hydrogen) atoms. The molecular weight excluding hydrogens is 227 g/mol. The van der Waals surface area contributed by atoms with Crippen molar-refractivity contribution in [1.29, 1.82) is 5.26 Å². The lowest BCUT2D eigenvalue weighted by atomic mass is 9.99. The van der Waals surface area contributed by atoms with Crippen LogP contribution in [-0.4, -0.2) is 6.04 Å². The highest BCUT2D eigenvalue weighted by Crippen LogP contribution is 2.27. The second-order valence-corrected chi connectivity index (χ2v) is 5.17. The van der Waals surface area contributed by atoms with E-state index in [1.54, 1.807) is 6.07 Å². The van der Waals surface area contributed by atoms with E-state index in [-0.39, 0.29) is 5.82 Å². The molecule has 0 spiro atoms. The quantitative estimate of drug-likeness (QED) is 0.884. The Kier molecular flexibility index (Phi) is 4.33. The summed E-state index contributed by atoms with van der Waals surface area (Å²) >= 11 is 0. The molecule has 96 valence electrons. The molecule has 3 heteroatoms. The Hall–Kier alpha value is -1.40. The number of benzene rings is 1. The van der Waals surface area contributed by atoms with Gasteiger partial charge in [0.1, 0.15) is 5.82 Å². The number of hydrogen-bond donors (Lipinski definition) is 1. The second kappa shape index (κ2) is 5.97. The molecular formula is C15H19FN2. The van der Waals surface area contributed by atoms with E-state index in [1.165, 1.54) is 37.8 Å². The fraction of sp³-hybridized carbons (Fsp3) is 0.533. The Labute approximate surface area is 108 Å². The molecule has 1 aliphatic carbocycles. The van der Waals surface area contributed by atoms with E-state index in [0.29, 0.717) is 18.2 Å². The highest BCUT2D eigenvalue weighted by atomic mass is 19.1. The van der Waals surface area contributed by atoms with Crippen molar-refractivity contribution in [2.24, 2.45) is 5.92 Å². The van der Waals surface area contributed by atoms with Crippen LogP contribution < -0.4 is 5.32 Å². The van der Waals surface area contributed by atoms with Crippen LogP contribution >= 0.6 is 0 Å². The summed E-state index contributed by atoms with van der Waals surface area (Å²) in [6, 6.07) is 6.95. The van der Waals surface area contributed by atoms with Crippen molar-refractivity contribution in [3.05, 3.63) is 35.1 Å². The van der Waals surface area contributed by atoms with Crippen LogP contribution in [0.3, 0.4) is 0 Å². The minimum atomic E-state index is -0.334. The molecule has 0 aromatic heterocycles. The number of nitrogens with zero attached hydrogens (tertiary/aromatic N) is 1. The molecule has 2 rings (SSSR count). The van der Waals surface area contributed by atoms with E-state index in [1.807, 2.05) is 6.07 Å². The zero-order valence-corrected chi connectivity index (χ0v) is 10.7. The van der Waals surface area contributed by atoms with Crippen molar-refractivity contribution in [3.63, 3.8) is 0 Å². The minimum absolute atomic E-state index is 0.334. The average molecular weight is 246 g/mol. The van der Waals surface area contributed by atoms with Crippen LogP contribution in [0.4, 0.5) is 4.39 Å². The van der Waals surface area contributed by atoms with Crippen molar-refractivity contribution < 1.29 is 4.39 Å². The van der Waals surface area contributed by atoms with Gasteiger partial charge in [0.25, 0.3) is 0 Å². The van der Waals surface area contributed by atoms with E-state index in [4.69, 9.17) is 5.26 Å². The Morgan fingerprint density at radius 2 is 2.11 bits per heavy atom. The fourth-order valence-corrected chi connectivity index (χ4v) is 2.72. The lowest BCUT2D eigenvalue weighted by molar-refractivity contribution is 0.380. The Morgan fingerprint density at radius 1 is 1.39 bits per heavy atom. The van der Waals surface area contributed by atoms with Gasteiger partial charge in [-0.2, -0.15) is 5.26 Å². The maximum absolute atomic E-state index is 13.3. The third kappa shape index (κ3) is 3.30. The molecule has 1 aromatic rings. The van der Waals surface area contributed by atoms with Crippen LogP contribution in [0.5, 0.6) is 0 Å². The zero-order chi connectivity index (χ0) is 13.0. The molecule has 0 aliphatic heterocycles. The summed E-state index contributed by atoms with van der Waals surface area (Å²) in [4.78, 5) is 0. The lowest BCUT2D eigenvalue weighted by Gasteiger charge is -2.20. The molecule has 1 aromatic carbocycles. The molecule has 0 saturated heterocycles. The van der Waals surface area contributed by atoms with Crippen molar-refractivity contribution in [1.82, 2.24) is 5.32 Å². The van der Waals surface area contributed by atoms with Gasteiger partial charge in [0.15, 0.2) is 0 Å². The standard InChI is InChI=1S/C15H19FN2/c1-11(14-4-2-3-5-14)18-10-13-6-12(9-17)7-15(16)8-13/h6-8,11,14,18H,2-5,10H2,1H3/t11-/m1/s1. The minimum Gasteiger partial charge on any atom is -0.310 e. The van der Waals surface area contributed by atoms with E-state index in [2.05, 4.69) is 12.2 Å². The van der Waals surface area contributed by atoms with Crippen LogP contribution in [0.15, 0.2) is 18.2 Å². The van der Waals surface area contributed by atoms with Crippen LogP contribution in [0, 0.1) is 23.1 Å². The largest absolute Gasteiger partial charge is 0.310 e. The third-order valence-corrected chi connectivity index (χ3v) is 3.82. The first-order valence-corrected chi connectivity index (χ1v) is 6.62. The molecule has 0 amide bonds. The molecule has 2 nitrogen and oxygen atoms in total. The predicted molar refractivity (Wildman–Crippen MR) is 69.4 cm³/mol. The Balaban J connectivity index is 1.93. The molecule has 1 saturated carbocycles. The summed E-state index contributed by atoms with van der Waals surface area (Å²) in [6.45, 7) is 2.82. The highest BCUT2D eigenvalue weighted by molar-refractivity contribution is 5.33. The van der Waals surface area contributed by atoms with Crippen molar-refractivity contribution in [2.75, 3.05) is 0 Å². The number of nitriles is 1. The highest BCUT2D eigenvalue weighted by Gasteiger charge is 2.20. The second-order valence-electron chi connectivity index (χ2n) is 5.17. The van der Waals surface area contributed by atoms with Crippen LogP contribution in [0.1, 0.15) is 43.7 Å². The monoisotopic (exact) mass is 246 g/mol. The van der Waals surface area contributed by atoms with Gasteiger partial charge in [-0.25, -0.2) is 4.39 Å².